The summed E-state index contributed by atoms with van der Waals surface area (Å²) in [5.41, 5.74) is 3.78. The molecule has 5 heteroatoms. The Morgan fingerprint density at radius 1 is 1.43 bits per heavy atom. The van der Waals surface area contributed by atoms with Crippen molar-refractivity contribution in [2.24, 2.45) is 0 Å². The van der Waals surface area contributed by atoms with E-state index in [-0.39, 0.29) is 0 Å². The molecular weight excluding hydrogens is 330 g/mol. The highest BCUT2D eigenvalue weighted by atomic mass is 79.9. The maximum atomic E-state index is 5.07. The Kier molecular flexibility index (Phi) is 4.73. The molecule has 2 aromatic rings. The summed E-state index contributed by atoms with van der Waals surface area (Å²) in [6.45, 7) is 2.45. The first kappa shape index (κ1) is 14.8. The van der Waals surface area contributed by atoms with Crippen molar-refractivity contribution in [1.82, 2.24) is 15.1 Å². The van der Waals surface area contributed by atoms with E-state index >= 15 is 0 Å². The fourth-order valence-corrected chi connectivity index (χ4v) is 2.92. The molecule has 0 bridgehead atoms. The second-order valence-corrected chi connectivity index (χ2v) is 6.31. The third kappa shape index (κ3) is 3.54. The number of methoxy groups -OCH3 is 1. The molecule has 1 aliphatic rings. The van der Waals surface area contributed by atoms with Gasteiger partial charge in [-0.2, -0.15) is 5.10 Å². The molecule has 0 saturated heterocycles. The van der Waals surface area contributed by atoms with Crippen LogP contribution >= 0.6 is 15.9 Å². The molecule has 4 nitrogen and oxygen atoms in total. The number of benzene rings is 1. The number of hydrogen-bond donors (Lipinski definition) is 1. The van der Waals surface area contributed by atoms with Gasteiger partial charge in [-0.1, -0.05) is 22.0 Å². The molecule has 1 aromatic heterocycles. The lowest BCUT2D eigenvalue weighted by molar-refractivity contribution is 0.199. The van der Waals surface area contributed by atoms with Crippen molar-refractivity contribution in [3.8, 4) is 5.69 Å². The summed E-state index contributed by atoms with van der Waals surface area (Å²) in [5.74, 6) is 0.658. The zero-order valence-corrected chi connectivity index (χ0v) is 13.8. The average molecular weight is 350 g/mol. The molecule has 112 valence electrons. The van der Waals surface area contributed by atoms with Crippen LogP contribution in [0.1, 0.15) is 30.0 Å². The van der Waals surface area contributed by atoms with Gasteiger partial charge in [-0.25, -0.2) is 4.68 Å². The van der Waals surface area contributed by atoms with Crippen LogP contribution in [0.5, 0.6) is 0 Å². The Bertz CT molecular complexity index is 607. The summed E-state index contributed by atoms with van der Waals surface area (Å²) >= 11 is 3.54. The van der Waals surface area contributed by atoms with E-state index in [1.807, 2.05) is 18.3 Å². The largest absolute Gasteiger partial charge is 0.383 e. The molecule has 21 heavy (non-hydrogen) atoms. The van der Waals surface area contributed by atoms with Gasteiger partial charge < -0.3 is 10.1 Å². The second kappa shape index (κ2) is 6.73. The van der Waals surface area contributed by atoms with Crippen molar-refractivity contribution in [2.75, 3.05) is 20.3 Å². The number of nitrogens with zero attached hydrogens (tertiary/aromatic N) is 2. The van der Waals surface area contributed by atoms with E-state index < -0.39 is 0 Å². The van der Waals surface area contributed by atoms with Crippen LogP contribution in [0.2, 0.25) is 0 Å². The lowest BCUT2D eigenvalue weighted by Gasteiger charge is -2.10. The first-order valence-corrected chi connectivity index (χ1v) is 8.11. The predicted molar refractivity (Wildman–Crippen MR) is 86.8 cm³/mol. The average Bonchev–Trinajstić information content (AvgIpc) is 3.24. The van der Waals surface area contributed by atoms with Gasteiger partial charge in [0.1, 0.15) is 0 Å². The van der Waals surface area contributed by atoms with Gasteiger partial charge in [0.25, 0.3) is 0 Å². The summed E-state index contributed by atoms with van der Waals surface area (Å²) in [6.07, 6.45) is 4.53. The van der Waals surface area contributed by atoms with Crippen LogP contribution in [-0.4, -0.2) is 30.0 Å². The number of hydrogen-bond acceptors (Lipinski definition) is 3. The topological polar surface area (TPSA) is 39.1 Å². The van der Waals surface area contributed by atoms with Crippen LogP contribution in [0.4, 0.5) is 0 Å². The van der Waals surface area contributed by atoms with Gasteiger partial charge >= 0.3 is 0 Å². The molecule has 1 aliphatic carbocycles. The van der Waals surface area contributed by atoms with Gasteiger partial charge in [0.05, 0.1) is 24.2 Å². The van der Waals surface area contributed by atoms with Crippen LogP contribution in [0, 0.1) is 0 Å². The SMILES string of the molecule is COCCNCc1cnn(-c2cccc(Br)c2)c1C1CC1. The fraction of sp³-hybridized carbons (Fsp3) is 0.438. The van der Waals surface area contributed by atoms with Gasteiger partial charge in [0.2, 0.25) is 0 Å². The van der Waals surface area contributed by atoms with Crippen LogP contribution in [0.3, 0.4) is 0 Å². The highest BCUT2D eigenvalue weighted by Gasteiger charge is 2.30. The second-order valence-electron chi connectivity index (χ2n) is 5.39. The zero-order valence-electron chi connectivity index (χ0n) is 12.2. The first-order valence-electron chi connectivity index (χ1n) is 7.32. The van der Waals surface area contributed by atoms with E-state index in [1.165, 1.54) is 24.1 Å². The van der Waals surface area contributed by atoms with E-state index in [4.69, 9.17) is 4.74 Å². The fourth-order valence-electron chi connectivity index (χ4n) is 2.53. The third-order valence-electron chi connectivity index (χ3n) is 3.70. The minimum Gasteiger partial charge on any atom is -0.383 e. The molecule has 1 saturated carbocycles. The maximum Gasteiger partial charge on any atom is 0.0660 e. The van der Waals surface area contributed by atoms with Crippen LogP contribution in [0.15, 0.2) is 34.9 Å². The lowest BCUT2D eigenvalue weighted by Crippen LogP contribution is -2.19. The van der Waals surface area contributed by atoms with Gasteiger partial charge in [-0.15, -0.1) is 0 Å². The van der Waals surface area contributed by atoms with Crippen molar-refractivity contribution in [1.29, 1.82) is 0 Å². The van der Waals surface area contributed by atoms with Gasteiger partial charge in [0.15, 0.2) is 0 Å². The smallest absolute Gasteiger partial charge is 0.0660 e. The molecule has 0 atom stereocenters. The molecule has 0 spiro atoms. The molecule has 1 aromatic carbocycles. The standard InChI is InChI=1S/C16H20BrN3O/c1-21-8-7-18-10-13-11-19-20(16(13)12-5-6-12)15-4-2-3-14(17)9-15/h2-4,9,11-12,18H,5-8,10H2,1H3. The molecule has 0 amide bonds. The monoisotopic (exact) mass is 349 g/mol. The van der Waals surface area contributed by atoms with E-state index in [9.17, 15) is 0 Å². The molecular formula is C16H20BrN3O. The van der Waals surface area contributed by atoms with Crippen molar-refractivity contribution in [3.63, 3.8) is 0 Å². The highest BCUT2D eigenvalue weighted by Crippen LogP contribution is 2.42. The van der Waals surface area contributed by atoms with E-state index in [0.717, 1.165) is 29.9 Å². The third-order valence-corrected chi connectivity index (χ3v) is 4.19. The van der Waals surface area contributed by atoms with Gasteiger partial charge in [0, 0.05) is 36.2 Å². The summed E-state index contributed by atoms with van der Waals surface area (Å²) in [5, 5.41) is 8.03. The Morgan fingerprint density at radius 2 is 2.29 bits per heavy atom. The number of rotatable bonds is 7. The number of aromatic nitrogens is 2. The van der Waals surface area contributed by atoms with Crippen molar-refractivity contribution < 1.29 is 4.74 Å². The van der Waals surface area contributed by atoms with E-state index in [1.54, 1.807) is 7.11 Å². The van der Waals surface area contributed by atoms with E-state index in [2.05, 4.69) is 43.2 Å². The Balaban J connectivity index is 1.83. The lowest BCUT2D eigenvalue weighted by atomic mass is 10.1. The minimum atomic E-state index is 0.658. The summed E-state index contributed by atoms with van der Waals surface area (Å²) < 4.78 is 8.24. The maximum absolute atomic E-state index is 5.07. The Morgan fingerprint density at radius 3 is 3.00 bits per heavy atom. The Hall–Kier alpha value is -1.17. The first-order chi connectivity index (χ1) is 10.3. The van der Waals surface area contributed by atoms with Crippen molar-refractivity contribution >= 4 is 15.9 Å². The summed E-state index contributed by atoms with van der Waals surface area (Å²) in [4.78, 5) is 0. The molecule has 1 fully saturated rings. The molecule has 3 rings (SSSR count). The molecule has 0 aliphatic heterocycles. The number of halogens is 1. The number of ether oxygens (including phenoxy) is 1. The number of nitrogens with one attached hydrogen (secondary N) is 1. The zero-order chi connectivity index (χ0) is 14.7. The van der Waals surface area contributed by atoms with E-state index in [0.29, 0.717) is 5.92 Å². The van der Waals surface area contributed by atoms with Crippen LogP contribution in [-0.2, 0) is 11.3 Å². The van der Waals surface area contributed by atoms with Gasteiger partial charge in [-0.3, -0.25) is 0 Å². The normalized spacial score (nSPS) is 14.6. The summed E-state index contributed by atoms with van der Waals surface area (Å²) in [6, 6.07) is 8.30. The molecule has 0 unspecified atom stereocenters. The van der Waals surface area contributed by atoms with Gasteiger partial charge in [-0.05, 0) is 31.0 Å². The molecule has 0 radical (unpaired) electrons. The summed E-state index contributed by atoms with van der Waals surface area (Å²) in [7, 11) is 1.72. The Labute approximate surface area is 133 Å². The molecule has 1 heterocycles. The molecule has 1 N–H and O–H groups in total. The van der Waals surface area contributed by atoms with Crippen molar-refractivity contribution in [2.45, 2.75) is 25.3 Å². The van der Waals surface area contributed by atoms with Crippen LogP contribution < -0.4 is 5.32 Å². The van der Waals surface area contributed by atoms with Crippen molar-refractivity contribution in [3.05, 3.63) is 46.2 Å². The predicted octanol–water partition coefficient (Wildman–Crippen LogP) is 3.25. The quantitative estimate of drug-likeness (QED) is 0.780. The van der Waals surface area contributed by atoms with Crippen LogP contribution in [0.25, 0.3) is 5.69 Å². The minimum absolute atomic E-state index is 0.658. The highest BCUT2D eigenvalue weighted by molar-refractivity contribution is 9.10.